The molecule has 1 aliphatic carbocycles. The maximum atomic E-state index is 11.9. The Morgan fingerprint density at radius 1 is 1.38 bits per heavy atom. The van der Waals surface area contributed by atoms with E-state index in [0.717, 1.165) is 34.7 Å². The summed E-state index contributed by atoms with van der Waals surface area (Å²) in [6, 6.07) is -0.306. The van der Waals surface area contributed by atoms with Crippen LogP contribution in [0.25, 0.3) is 10.2 Å². The van der Waals surface area contributed by atoms with Crippen LogP contribution in [0.15, 0.2) is 0 Å². The van der Waals surface area contributed by atoms with Crippen LogP contribution in [0.2, 0.25) is 0 Å². The number of aromatic nitrogens is 2. The molecule has 2 aromatic rings. The smallest absolute Gasteiger partial charge is 0.242 e. The predicted octanol–water partition coefficient (Wildman–Crippen LogP) is 2.42. The topological polar surface area (TPSA) is 66.9 Å². The zero-order valence-electron chi connectivity index (χ0n) is 12.6. The third kappa shape index (κ3) is 2.60. The van der Waals surface area contributed by atoms with Gasteiger partial charge in [0.25, 0.3) is 0 Å². The maximum absolute atomic E-state index is 11.9. The van der Waals surface area contributed by atoms with Gasteiger partial charge in [-0.15, -0.1) is 11.3 Å². The zero-order valence-corrected chi connectivity index (χ0v) is 13.4. The standard InChI is InChI=1S/C15H20N4OS/c1-4-16-14(20)8(2)17-13-12-10-6-5-7-11(10)21-15(12)19-9(3)18-13/h8H,4-7H2,1-3H3,(H,16,20)(H,17,18,19)/t8-/m1/s1. The van der Waals surface area contributed by atoms with Gasteiger partial charge in [-0.05, 0) is 45.6 Å². The number of rotatable bonds is 4. The van der Waals surface area contributed by atoms with Gasteiger partial charge in [-0.25, -0.2) is 9.97 Å². The van der Waals surface area contributed by atoms with Gasteiger partial charge in [-0.1, -0.05) is 0 Å². The Balaban J connectivity index is 1.99. The molecule has 1 amide bonds. The Labute approximate surface area is 128 Å². The molecule has 0 radical (unpaired) electrons. The molecule has 2 aromatic heterocycles. The first kappa shape index (κ1) is 14.3. The molecule has 0 spiro atoms. The molecule has 5 nitrogen and oxygen atoms in total. The van der Waals surface area contributed by atoms with Crippen molar-refractivity contribution < 1.29 is 4.79 Å². The number of carbonyl (C=O) groups is 1. The Hall–Kier alpha value is -1.69. The van der Waals surface area contributed by atoms with Crippen molar-refractivity contribution in [2.24, 2.45) is 0 Å². The van der Waals surface area contributed by atoms with E-state index in [1.54, 1.807) is 11.3 Å². The lowest BCUT2D eigenvalue weighted by Gasteiger charge is -2.15. The van der Waals surface area contributed by atoms with E-state index < -0.39 is 0 Å². The van der Waals surface area contributed by atoms with Crippen molar-refractivity contribution in [1.29, 1.82) is 0 Å². The molecule has 0 saturated heterocycles. The van der Waals surface area contributed by atoms with Crippen LogP contribution in [0, 0.1) is 6.92 Å². The number of hydrogen-bond donors (Lipinski definition) is 2. The van der Waals surface area contributed by atoms with Crippen molar-refractivity contribution in [2.75, 3.05) is 11.9 Å². The first-order valence-electron chi connectivity index (χ1n) is 7.43. The fourth-order valence-corrected chi connectivity index (χ4v) is 4.11. The molecule has 3 rings (SSSR count). The van der Waals surface area contributed by atoms with Crippen LogP contribution in [0.4, 0.5) is 5.82 Å². The summed E-state index contributed by atoms with van der Waals surface area (Å²) < 4.78 is 0. The molecule has 1 aliphatic rings. The van der Waals surface area contributed by atoms with Crippen molar-refractivity contribution in [1.82, 2.24) is 15.3 Å². The average Bonchev–Trinajstić information content (AvgIpc) is 2.98. The number of fused-ring (bicyclic) bond motifs is 3. The molecule has 0 aromatic carbocycles. The van der Waals surface area contributed by atoms with Crippen LogP contribution in [0.5, 0.6) is 0 Å². The third-order valence-electron chi connectivity index (χ3n) is 3.77. The number of nitrogens with one attached hydrogen (secondary N) is 2. The van der Waals surface area contributed by atoms with E-state index in [4.69, 9.17) is 0 Å². The zero-order chi connectivity index (χ0) is 15.0. The maximum Gasteiger partial charge on any atom is 0.242 e. The number of nitrogens with zero attached hydrogens (tertiary/aromatic N) is 2. The highest BCUT2D eigenvalue weighted by Gasteiger charge is 2.23. The van der Waals surface area contributed by atoms with Gasteiger partial charge in [0.2, 0.25) is 5.91 Å². The van der Waals surface area contributed by atoms with Crippen LogP contribution >= 0.6 is 11.3 Å². The second-order valence-corrected chi connectivity index (χ2v) is 6.50. The normalized spacial score (nSPS) is 15.0. The molecule has 1 atom stereocenters. The lowest BCUT2D eigenvalue weighted by molar-refractivity contribution is -0.121. The molecule has 0 bridgehead atoms. The first-order chi connectivity index (χ1) is 10.1. The SMILES string of the molecule is CCNC(=O)[C@@H](C)Nc1nc(C)nc2sc3c(c12)CCC3. The van der Waals surface area contributed by atoms with Gasteiger partial charge in [0.1, 0.15) is 22.5 Å². The second-order valence-electron chi connectivity index (χ2n) is 5.42. The number of thiophene rings is 1. The van der Waals surface area contributed by atoms with Gasteiger partial charge in [0.05, 0.1) is 5.39 Å². The van der Waals surface area contributed by atoms with Gasteiger partial charge in [0, 0.05) is 11.4 Å². The van der Waals surface area contributed by atoms with Crippen molar-refractivity contribution in [2.45, 2.75) is 46.1 Å². The van der Waals surface area contributed by atoms with Gasteiger partial charge in [-0.3, -0.25) is 4.79 Å². The summed E-state index contributed by atoms with van der Waals surface area (Å²) in [5.41, 5.74) is 1.38. The minimum absolute atomic E-state index is 0.00575. The third-order valence-corrected chi connectivity index (χ3v) is 4.96. The number of carbonyl (C=O) groups excluding carboxylic acids is 1. The fraction of sp³-hybridized carbons (Fsp3) is 0.533. The number of likely N-dealkylation sites (N-methyl/N-ethyl adjacent to an activating group) is 1. The number of hydrogen-bond acceptors (Lipinski definition) is 5. The van der Waals surface area contributed by atoms with E-state index in [-0.39, 0.29) is 11.9 Å². The van der Waals surface area contributed by atoms with Crippen LogP contribution in [0.1, 0.15) is 36.5 Å². The quantitative estimate of drug-likeness (QED) is 0.910. The van der Waals surface area contributed by atoms with E-state index in [1.165, 1.54) is 16.9 Å². The molecule has 2 heterocycles. The van der Waals surface area contributed by atoms with E-state index in [1.807, 2.05) is 20.8 Å². The molecule has 112 valence electrons. The Kier molecular flexibility index (Phi) is 3.80. The lowest BCUT2D eigenvalue weighted by atomic mass is 10.2. The minimum Gasteiger partial charge on any atom is -0.358 e. The van der Waals surface area contributed by atoms with Crippen LogP contribution < -0.4 is 10.6 Å². The molecular formula is C15H20N4OS. The predicted molar refractivity (Wildman–Crippen MR) is 85.9 cm³/mol. The molecule has 2 N–H and O–H groups in total. The van der Waals surface area contributed by atoms with Gasteiger partial charge < -0.3 is 10.6 Å². The van der Waals surface area contributed by atoms with E-state index in [0.29, 0.717) is 6.54 Å². The van der Waals surface area contributed by atoms with Crippen molar-refractivity contribution >= 4 is 33.3 Å². The molecule has 0 fully saturated rings. The first-order valence-corrected chi connectivity index (χ1v) is 8.25. The van der Waals surface area contributed by atoms with Crippen molar-refractivity contribution in [3.8, 4) is 0 Å². The summed E-state index contributed by atoms with van der Waals surface area (Å²) in [7, 11) is 0. The van der Waals surface area contributed by atoms with Gasteiger partial charge in [0.15, 0.2) is 0 Å². The number of aryl methyl sites for hydroxylation is 3. The van der Waals surface area contributed by atoms with Gasteiger partial charge >= 0.3 is 0 Å². The van der Waals surface area contributed by atoms with Crippen LogP contribution in [-0.2, 0) is 17.6 Å². The average molecular weight is 304 g/mol. The summed E-state index contributed by atoms with van der Waals surface area (Å²) >= 11 is 1.77. The summed E-state index contributed by atoms with van der Waals surface area (Å²) in [5.74, 6) is 1.54. The largest absolute Gasteiger partial charge is 0.358 e. The van der Waals surface area contributed by atoms with Crippen molar-refractivity contribution in [3.63, 3.8) is 0 Å². The lowest BCUT2D eigenvalue weighted by Crippen LogP contribution is -2.37. The summed E-state index contributed by atoms with van der Waals surface area (Å²) in [4.78, 5) is 23.5. The highest BCUT2D eigenvalue weighted by atomic mass is 32.1. The van der Waals surface area contributed by atoms with Crippen LogP contribution in [0.3, 0.4) is 0 Å². The molecule has 6 heteroatoms. The fourth-order valence-electron chi connectivity index (χ4n) is 2.80. The summed E-state index contributed by atoms with van der Waals surface area (Å²) in [5, 5.41) is 7.22. The van der Waals surface area contributed by atoms with E-state index in [9.17, 15) is 4.79 Å². The summed E-state index contributed by atoms with van der Waals surface area (Å²) in [6.45, 7) is 6.31. The Morgan fingerprint density at radius 2 is 2.19 bits per heavy atom. The Bertz CT molecular complexity index is 695. The van der Waals surface area contributed by atoms with E-state index >= 15 is 0 Å². The number of anilines is 1. The molecule has 0 aliphatic heterocycles. The van der Waals surface area contributed by atoms with E-state index in [2.05, 4.69) is 20.6 Å². The van der Waals surface area contributed by atoms with Crippen molar-refractivity contribution in [3.05, 3.63) is 16.3 Å². The molecular weight excluding hydrogens is 284 g/mol. The molecule has 0 saturated carbocycles. The second kappa shape index (κ2) is 5.60. The molecule has 21 heavy (non-hydrogen) atoms. The van der Waals surface area contributed by atoms with Gasteiger partial charge in [-0.2, -0.15) is 0 Å². The van der Waals surface area contributed by atoms with Crippen LogP contribution in [-0.4, -0.2) is 28.5 Å². The highest BCUT2D eigenvalue weighted by molar-refractivity contribution is 7.19. The minimum atomic E-state index is -0.306. The number of amides is 1. The Morgan fingerprint density at radius 3 is 2.95 bits per heavy atom. The monoisotopic (exact) mass is 304 g/mol. The summed E-state index contributed by atoms with van der Waals surface area (Å²) in [6.07, 6.45) is 3.43. The molecule has 0 unspecified atom stereocenters. The highest BCUT2D eigenvalue weighted by Crippen LogP contribution is 2.39.